The number of nitrogens with two attached hydrogens (primary N) is 2. The van der Waals surface area contributed by atoms with E-state index in [0.29, 0.717) is 5.69 Å². The summed E-state index contributed by atoms with van der Waals surface area (Å²) in [6.45, 7) is -0.798. The molecular weight excluding hydrogens is 606 g/mol. The summed E-state index contributed by atoms with van der Waals surface area (Å²) < 4.78 is 62.4. The maximum atomic E-state index is 12.1. The predicted octanol–water partition coefficient (Wildman–Crippen LogP) is 3.12. The summed E-state index contributed by atoms with van der Waals surface area (Å²) in [6.07, 6.45) is 0. The Balaban J connectivity index is 2.05. The zero-order chi connectivity index (χ0) is 31.8. The third kappa shape index (κ3) is 8.52. The normalized spacial score (nSPS) is 12.2. The number of anilines is 2. The molecule has 3 rings (SSSR count). The number of ether oxygens (including phenoxy) is 1. The average molecular weight is 636 g/mol. The molecular formula is C25H29N7O9S2. The number of nitrogens with one attached hydrogen (secondary N) is 1. The summed E-state index contributed by atoms with van der Waals surface area (Å²) >= 11 is 0. The SMILES string of the molecule is COC(=O)c1ccccc1/N=N/c1cc(S(=O)(=O)O)c(N)c(/N=N/c2cc(NCCS(=O)(=O)CCO)ccc2O)c1CN. The second-order valence-electron chi connectivity index (χ2n) is 8.73. The van der Waals surface area contributed by atoms with Gasteiger partial charge < -0.3 is 31.7 Å². The van der Waals surface area contributed by atoms with Gasteiger partial charge in [0.1, 0.15) is 27.7 Å². The zero-order valence-corrected chi connectivity index (χ0v) is 24.3. The van der Waals surface area contributed by atoms with Crippen molar-refractivity contribution < 1.29 is 41.1 Å². The molecule has 0 heterocycles. The summed E-state index contributed by atoms with van der Waals surface area (Å²) in [5, 5.41) is 38.0. The molecule has 0 fully saturated rings. The molecule has 0 saturated carbocycles. The standard InChI is InChI=1S/C25H29N7O9S2/c1-41-25(35)16-4-2-3-5-18(16)29-30-19-13-22(43(38,39)40)23(27)24(17(19)14-26)32-31-20-12-15(6-7-21(20)34)28-8-10-42(36,37)11-9-33/h2-7,12-13,28,33-34H,8-11,14,26-27H2,1H3,(H,38,39,40)/b30-29+,32-31+. The van der Waals surface area contributed by atoms with Gasteiger partial charge in [0.25, 0.3) is 10.1 Å². The number of hydrogen-bond donors (Lipinski definition) is 6. The van der Waals surface area contributed by atoms with Gasteiger partial charge in [-0.15, -0.1) is 15.3 Å². The third-order valence-electron chi connectivity index (χ3n) is 5.82. The molecule has 0 bridgehead atoms. The number of sulfone groups is 1. The first kappa shape index (κ1) is 33.0. The largest absolute Gasteiger partial charge is 0.506 e. The second-order valence-corrected chi connectivity index (χ2v) is 12.4. The number of nitrogen functional groups attached to an aromatic ring is 1. The van der Waals surface area contributed by atoms with E-state index in [4.69, 9.17) is 21.3 Å². The molecule has 8 N–H and O–H groups in total. The van der Waals surface area contributed by atoms with Crippen LogP contribution in [0.15, 0.2) is 73.9 Å². The Labute approximate surface area is 246 Å². The number of nitrogens with zero attached hydrogens (tertiary/aromatic N) is 4. The third-order valence-corrected chi connectivity index (χ3v) is 8.34. The van der Waals surface area contributed by atoms with Crippen molar-refractivity contribution >= 4 is 60.0 Å². The van der Waals surface area contributed by atoms with E-state index in [2.05, 4.69) is 25.8 Å². The van der Waals surface area contributed by atoms with Crippen molar-refractivity contribution in [1.82, 2.24) is 0 Å². The molecule has 230 valence electrons. The average Bonchev–Trinajstić information content (AvgIpc) is 2.95. The van der Waals surface area contributed by atoms with Crippen LogP contribution in [0.3, 0.4) is 0 Å². The molecule has 0 aliphatic heterocycles. The Morgan fingerprint density at radius 1 is 0.953 bits per heavy atom. The highest BCUT2D eigenvalue weighted by atomic mass is 32.2. The first-order valence-corrected chi connectivity index (χ1v) is 15.6. The quantitative estimate of drug-likeness (QED) is 0.0520. The maximum Gasteiger partial charge on any atom is 0.340 e. The number of esters is 1. The van der Waals surface area contributed by atoms with E-state index in [-0.39, 0.29) is 64.2 Å². The molecule has 0 radical (unpaired) electrons. The van der Waals surface area contributed by atoms with E-state index in [1.807, 2.05) is 0 Å². The Bertz CT molecular complexity index is 1780. The molecule has 0 aliphatic carbocycles. The van der Waals surface area contributed by atoms with Gasteiger partial charge in [0.05, 0.1) is 42.2 Å². The summed E-state index contributed by atoms with van der Waals surface area (Å²) in [4.78, 5) is 11.3. The van der Waals surface area contributed by atoms with E-state index in [1.165, 1.54) is 37.4 Å². The van der Waals surface area contributed by atoms with Crippen molar-refractivity contribution in [3.05, 3.63) is 59.7 Å². The highest BCUT2D eigenvalue weighted by Crippen LogP contribution is 2.42. The van der Waals surface area contributed by atoms with Crippen LogP contribution in [0, 0.1) is 0 Å². The van der Waals surface area contributed by atoms with Crippen LogP contribution in [0.25, 0.3) is 0 Å². The van der Waals surface area contributed by atoms with Crippen LogP contribution in [-0.4, -0.2) is 69.3 Å². The van der Waals surface area contributed by atoms with Gasteiger partial charge in [0, 0.05) is 24.3 Å². The fourth-order valence-corrected chi connectivity index (χ4v) is 5.20. The van der Waals surface area contributed by atoms with Gasteiger partial charge in [-0.1, -0.05) is 12.1 Å². The van der Waals surface area contributed by atoms with Crippen molar-refractivity contribution in [2.75, 3.05) is 42.8 Å². The van der Waals surface area contributed by atoms with E-state index in [0.717, 1.165) is 6.07 Å². The first-order valence-electron chi connectivity index (χ1n) is 12.3. The zero-order valence-electron chi connectivity index (χ0n) is 22.7. The van der Waals surface area contributed by atoms with E-state index in [1.54, 1.807) is 12.1 Å². The Hall–Kier alpha value is -4.49. The lowest BCUT2D eigenvalue weighted by molar-refractivity contribution is 0.0601. The molecule has 0 amide bonds. The van der Waals surface area contributed by atoms with Crippen LogP contribution in [0.1, 0.15) is 15.9 Å². The van der Waals surface area contributed by atoms with Gasteiger partial charge in [0.15, 0.2) is 9.84 Å². The van der Waals surface area contributed by atoms with Gasteiger partial charge in [0.2, 0.25) is 0 Å². The summed E-state index contributed by atoms with van der Waals surface area (Å²) in [5.41, 5.74) is 11.5. The number of aromatic hydroxyl groups is 1. The molecule has 0 saturated heterocycles. The van der Waals surface area contributed by atoms with Crippen LogP contribution in [0.2, 0.25) is 0 Å². The maximum absolute atomic E-state index is 12.1. The lowest BCUT2D eigenvalue weighted by Crippen LogP contribution is -2.20. The number of aliphatic hydroxyl groups is 1. The highest BCUT2D eigenvalue weighted by molar-refractivity contribution is 7.91. The summed E-state index contributed by atoms with van der Waals surface area (Å²) in [7, 11) is -7.19. The lowest BCUT2D eigenvalue weighted by atomic mass is 10.1. The molecule has 3 aromatic carbocycles. The minimum Gasteiger partial charge on any atom is -0.506 e. The van der Waals surface area contributed by atoms with Crippen molar-refractivity contribution in [2.45, 2.75) is 11.4 Å². The number of phenolic OH excluding ortho intramolecular Hbond substituents is 1. The molecule has 18 heteroatoms. The van der Waals surface area contributed by atoms with E-state index in [9.17, 15) is 31.3 Å². The molecule has 0 aromatic heterocycles. The number of rotatable bonds is 13. The van der Waals surface area contributed by atoms with Gasteiger partial charge in [-0.2, -0.15) is 13.5 Å². The minimum absolute atomic E-state index is 0.00215. The predicted molar refractivity (Wildman–Crippen MR) is 157 cm³/mol. The number of phenols is 1. The monoisotopic (exact) mass is 635 g/mol. The number of carbonyl (C=O) groups excluding carboxylic acids is 1. The van der Waals surface area contributed by atoms with Gasteiger partial charge >= 0.3 is 5.97 Å². The number of aliphatic hydroxyl groups excluding tert-OH is 1. The van der Waals surface area contributed by atoms with Gasteiger partial charge in [-0.3, -0.25) is 4.55 Å². The fourth-order valence-electron chi connectivity index (χ4n) is 3.67. The summed E-state index contributed by atoms with van der Waals surface area (Å²) in [5.74, 6) is -1.66. The molecule has 0 unspecified atom stereocenters. The summed E-state index contributed by atoms with van der Waals surface area (Å²) in [6, 6.07) is 11.1. The number of hydrogen-bond acceptors (Lipinski definition) is 15. The fraction of sp³-hybridized carbons (Fsp3) is 0.240. The lowest BCUT2D eigenvalue weighted by Gasteiger charge is -2.13. The second kappa shape index (κ2) is 14.1. The molecule has 16 nitrogen and oxygen atoms in total. The number of benzene rings is 3. The Kier molecular flexibility index (Phi) is 10.8. The van der Waals surface area contributed by atoms with Crippen LogP contribution in [0.5, 0.6) is 5.75 Å². The first-order chi connectivity index (χ1) is 20.3. The smallest absolute Gasteiger partial charge is 0.340 e. The van der Waals surface area contributed by atoms with Crippen LogP contribution < -0.4 is 16.8 Å². The van der Waals surface area contributed by atoms with Gasteiger partial charge in [-0.25, -0.2) is 13.2 Å². The van der Waals surface area contributed by atoms with E-state index >= 15 is 0 Å². The van der Waals surface area contributed by atoms with Crippen LogP contribution in [-0.2, 0) is 31.2 Å². The van der Waals surface area contributed by atoms with Crippen molar-refractivity contribution in [1.29, 1.82) is 0 Å². The van der Waals surface area contributed by atoms with Crippen LogP contribution >= 0.6 is 0 Å². The highest BCUT2D eigenvalue weighted by Gasteiger charge is 2.23. The van der Waals surface area contributed by atoms with E-state index < -0.39 is 43.1 Å². The number of methoxy groups -OCH3 is 1. The molecule has 0 aliphatic rings. The van der Waals surface area contributed by atoms with Crippen molar-refractivity contribution in [2.24, 2.45) is 26.2 Å². The molecule has 43 heavy (non-hydrogen) atoms. The topological polar surface area (TPSA) is 269 Å². The van der Waals surface area contributed by atoms with Crippen molar-refractivity contribution in [3.63, 3.8) is 0 Å². The minimum atomic E-state index is -4.90. The molecule has 3 aromatic rings. The Morgan fingerprint density at radius 2 is 1.63 bits per heavy atom. The molecule has 0 atom stereocenters. The number of carbonyl (C=O) groups is 1. The Morgan fingerprint density at radius 3 is 2.28 bits per heavy atom. The van der Waals surface area contributed by atoms with Crippen LogP contribution in [0.4, 0.5) is 34.1 Å². The number of azo groups is 2. The molecule has 0 spiro atoms. The van der Waals surface area contributed by atoms with Crippen molar-refractivity contribution in [3.8, 4) is 5.75 Å². The van der Waals surface area contributed by atoms with Gasteiger partial charge in [-0.05, 0) is 36.4 Å².